The van der Waals surface area contributed by atoms with E-state index in [1.54, 1.807) is 24.5 Å². The van der Waals surface area contributed by atoms with Gasteiger partial charge in [-0.25, -0.2) is 14.8 Å². The number of methoxy groups -OCH3 is 1. The van der Waals surface area contributed by atoms with Crippen LogP contribution < -0.4 is 15.0 Å². The van der Waals surface area contributed by atoms with Crippen molar-refractivity contribution in [2.45, 2.75) is 13.8 Å². The first-order valence-electron chi connectivity index (χ1n) is 7.81. The van der Waals surface area contributed by atoms with Crippen LogP contribution in [0.1, 0.15) is 11.4 Å². The molecule has 0 saturated carbocycles. The topological polar surface area (TPSA) is 70.6 Å². The summed E-state index contributed by atoms with van der Waals surface area (Å²) < 4.78 is 5.08. The Hall–Kier alpha value is -2.35. The van der Waals surface area contributed by atoms with Crippen molar-refractivity contribution < 1.29 is 9.53 Å². The molecule has 2 aromatic rings. The van der Waals surface area contributed by atoms with Crippen molar-refractivity contribution in [3.8, 4) is 5.88 Å². The predicted molar refractivity (Wildman–Crippen MR) is 95.2 cm³/mol. The molecule has 8 heteroatoms. The van der Waals surface area contributed by atoms with Gasteiger partial charge in [0.1, 0.15) is 0 Å². The Morgan fingerprint density at radius 2 is 1.96 bits per heavy atom. The molecule has 7 nitrogen and oxygen atoms in total. The van der Waals surface area contributed by atoms with E-state index in [0.717, 1.165) is 29.6 Å². The third-order valence-corrected chi connectivity index (χ3v) is 4.97. The number of carbonyl (C=O) groups is 1. The zero-order valence-electron chi connectivity index (χ0n) is 14.1. The van der Waals surface area contributed by atoms with Crippen LogP contribution in [-0.2, 0) is 0 Å². The maximum absolute atomic E-state index is 12.4. The molecule has 0 unspecified atom stereocenters. The molecule has 3 rings (SSSR count). The van der Waals surface area contributed by atoms with Crippen molar-refractivity contribution in [2.24, 2.45) is 0 Å². The van der Waals surface area contributed by atoms with E-state index in [-0.39, 0.29) is 6.03 Å². The van der Waals surface area contributed by atoms with Crippen LogP contribution in [0.5, 0.6) is 5.88 Å². The molecule has 1 aliphatic heterocycles. The first kappa shape index (κ1) is 16.5. The van der Waals surface area contributed by atoms with Crippen molar-refractivity contribution in [2.75, 3.05) is 43.5 Å². The Morgan fingerprint density at radius 1 is 1.21 bits per heavy atom. The lowest BCUT2D eigenvalue weighted by molar-refractivity contribution is 0.208. The average Bonchev–Trinajstić information content (AvgIpc) is 3.03. The van der Waals surface area contributed by atoms with Gasteiger partial charge >= 0.3 is 6.03 Å². The molecule has 1 aliphatic rings. The summed E-state index contributed by atoms with van der Waals surface area (Å²) in [5, 5.41) is 6.01. The second kappa shape index (κ2) is 7.04. The molecule has 1 fully saturated rings. The Labute approximate surface area is 145 Å². The lowest BCUT2D eigenvalue weighted by Gasteiger charge is -2.34. The number of nitrogens with zero attached hydrogens (tertiary/aromatic N) is 4. The largest absolute Gasteiger partial charge is 0.481 e. The number of aryl methyl sites for hydroxylation is 2. The number of urea groups is 1. The molecule has 0 bridgehead atoms. The van der Waals surface area contributed by atoms with Gasteiger partial charge in [0, 0.05) is 37.6 Å². The summed E-state index contributed by atoms with van der Waals surface area (Å²) in [6.07, 6.45) is 0. The number of hydrogen-bond acceptors (Lipinski definition) is 6. The molecule has 2 aromatic heterocycles. The van der Waals surface area contributed by atoms with Gasteiger partial charge in [-0.2, -0.15) is 0 Å². The van der Waals surface area contributed by atoms with Gasteiger partial charge < -0.3 is 19.9 Å². The molecule has 0 atom stereocenters. The minimum atomic E-state index is -0.0972. The standard InChI is InChI=1S/C16H21N5O2S/c1-11-10-24-16(17-11)21-8-6-20(7-9-21)15(22)19-13-4-5-14(23-3)18-12(13)2/h4-5,10H,6-9H2,1-3H3,(H,19,22). The highest BCUT2D eigenvalue weighted by Crippen LogP contribution is 2.22. The molecule has 24 heavy (non-hydrogen) atoms. The number of thiazole rings is 1. The minimum Gasteiger partial charge on any atom is -0.481 e. The van der Waals surface area contributed by atoms with Crippen molar-refractivity contribution in [1.82, 2.24) is 14.9 Å². The van der Waals surface area contributed by atoms with Crippen LogP contribution in [0.15, 0.2) is 17.5 Å². The Balaban J connectivity index is 1.57. The molecule has 0 aliphatic carbocycles. The van der Waals surface area contributed by atoms with Crippen molar-refractivity contribution in [3.05, 3.63) is 28.9 Å². The highest BCUT2D eigenvalue weighted by molar-refractivity contribution is 7.13. The highest BCUT2D eigenvalue weighted by atomic mass is 32.1. The van der Waals surface area contributed by atoms with Gasteiger partial charge in [0.25, 0.3) is 0 Å². The number of ether oxygens (including phenoxy) is 1. The molecule has 0 spiro atoms. The fourth-order valence-electron chi connectivity index (χ4n) is 2.57. The first-order chi connectivity index (χ1) is 11.6. The summed E-state index contributed by atoms with van der Waals surface area (Å²) in [7, 11) is 1.57. The number of nitrogens with one attached hydrogen (secondary N) is 1. The Kier molecular flexibility index (Phi) is 4.84. The van der Waals surface area contributed by atoms with Gasteiger partial charge in [-0.15, -0.1) is 11.3 Å². The van der Waals surface area contributed by atoms with Crippen LogP contribution in [0.3, 0.4) is 0 Å². The van der Waals surface area contributed by atoms with Crippen molar-refractivity contribution in [3.63, 3.8) is 0 Å². The second-order valence-corrected chi connectivity index (χ2v) is 6.50. The van der Waals surface area contributed by atoms with Crippen LogP contribution in [-0.4, -0.2) is 54.2 Å². The summed E-state index contributed by atoms with van der Waals surface area (Å²) in [5.41, 5.74) is 2.48. The fraction of sp³-hybridized carbons (Fsp3) is 0.438. The molecule has 0 aromatic carbocycles. The number of hydrogen-bond donors (Lipinski definition) is 1. The fourth-order valence-corrected chi connectivity index (χ4v) is 3.42. The highest BCUT2D eigenvalue weighted by Gasteiger charge is 2.23. The van der Waals surface area contributed by atoms with Crippen molar-refractivity contribution in [1.29, 1.82) is 0 Å². The normalized spacial score (nSPS) is 14.6. The van der Waals surface area contributed by atoms with Crippen LogP contribution in [0.4, 0.5) is 15.6 Å². The third-order valence-electron chi connectivity index (χ3n) is 3.96. The molecule has 1 saturated heterocycles. The molecule has 3 heterocycles. The van der Waals surface area contributed by atoms with Crippen LogP contribution in [0.25, 0.3) is 0 Å². The maximum Gasteiger partial charge on any atom is 0.322 e. The number of anilines is 2. The van der Waals surface area contributed by atoms with Crippen LogP contribution >= 0.6 is 11.3 Å². The number of pyridine rings is 1. The van der Waals surface area contributed by atoms with E-state index in [4.69, 9.17) is 4.74 Å². The third kappa shape index (κ3) is 3.59. The first-order valence-corrected chi connectivity index (χ1v) is 8.69. The Bertz CT molecular complexity index is 725. The van der Waals surface area contributed by atoms with E-state index >= 15 is 0 Å². The molecular weight excluding hydrogens is 326 g/mol. The van der Waals surface area contributed by atoms with E-state index in [1.807, 2.05) is 30.2 Å². The summed E-state index contributed by atoms with van der Waals surface area (Å²) in [6.45, 7) is 6.77. The van der Waals surface area contributed by atoms with Crippen molar-refractivity contribution >= 4 is 28.2 Å². The average molecular weight is 347 g/mol. The zero-order chi connectivity index (χ0) is 17.1. The summed E-state index contributed by atoms with van der Waals surface area (Å²) >= 11 is 1.65. The summed E-state index contributed by atoms with van der Waals surface area (Å²) in [6, 6.07) is 3.46. The lowest BCUT2D eigenvalue weighted by Crippen LogP contribution is -2.50. The predicted octanol–water partition coefficient (Wildman–Crippen LogP) is 2.52. The van der Waals surface area contributed by atoms with Crippen LogP contribution in [0.2, 0.25) is 0 Å². The van der Waals surface area contributed by atoms with Gasteiger partial charge in [-0.1, -0.05) is 0 Å². The molecule has 0 radical (unpaired) electrons. The lowest BCUT2D eigenvalue weighted by atomic mass is 10.3. The summed E-state index contributed by atoms with van der Waals surface area (Å²) in [4.78, 5) is 25.3. The van der Waals surface area contributed by atoms with Gasteiger partial charge in [0.15, 0.2) is 5.13 Å². The SMILES string of the molecule is COc1ccc(NC(=O)N2CCN(c3nc(C)cs3)CC2)c(C)n1. The van der Waals surface area contributed by atoms with Gasteiger partial charge in [0.2, 0.25) is 5.88 Å². The molecular formula is C16H21N5O2S. The molecule has 1 N–H and O–H groups in total. The molecule has 2 amide bonds. The zero-order valence-corrected chi connectivity index (χ0v) is 14.9. The number of piperazine rings is 1. The van der Waals surface area contributed by atoms with E-state index in [0.29, 0.717) is 24.7 Å². The second-order valence-electron chi connectivity index (χ2n) is 5.66. The van der Waals surface area contributed by atoms with E-state index in [1.165, 1.54) is 0 Å². The number of aromatic nitrogens is 2. The Morgan fingerprint density at radius 3 is 2.54 bits per heavy atom. The van der Waals surface area contributed by atoms with Gasteiger partial charge in [0.05, 0.1) is 24.2 Å². The quantitative estimate of drug-likeness (QED) is 0.924. The smallest absolute Gasteiger partial charge is 0.322 e. The van der Waals surface area contributed by atoms with E-state index in [2.05, 4.69) is 20.2 Å². The number of rotatable bonds is 3. The van der Waals surface area contributed by atoms with Gasteiger partial charge in [-0.3, -0.25) is 0 Å². The summed E-state index contributed by atoms with van der Waals surface area (Å²) in [5.74, 6) is 0.540. The number of amides is 2. The van der Waals surface area contributed by atoms with E-state index < -0.39 is 0 Å². The van der Waals surface area contributed by atoms with Gasteiger partial charge in [-0.05, 0) is 19.9 Å². The molecule has 128 valence electrons. The van der Waals surface area contributed by atoms with E-state index in [9.17, 15) is 4.79 Å². The number of carbonyl (C=O) groups excluding carboxylic acids is 1. The monoisotopic (exact) mass is 347 g/mol. The van der Waals surface area contributed by atoms with Crippen LogP contribution in [0, 0.1) is 13.8 Å². The maximum atomic E-state index is 12.4. The minimum absolute atomic E-state index is 0.0972.